The predicted octanol–water partition coefficient (Wildman–Crippen LogP) is 3.43. The van der Waals surface area contributed by atoms with E-state index in [0.717, 1.165) is 18.4 Å². The first-order chi connectivity index (χ1) is 7.17. The maximum atomic E-state index is 8.96. The van der Waals surface area contributed by atoms with Crippen LogP contribution >= 0.6 is 0 Å². The zero-order chi connectivity index (χ0) is 11.3. The molecule has 0 amide bonds. The highest BCUT2D eigenvalue weighted by atomic mass is 16.5. The summed E-state index contributed by atoms with van der Waals surface area (Å²) in [6.45, 7) is 6.13. The van der Waals surface area contributed by atoms with Gasteiger partial charge in [0.25, 0.3) is 0 Å². The molecule has 1 aromatic carbocycles. The summed E-state index contributed by atoms with van der Waals surface area (Å²) in [6.07, 6.45) is 2.28. The van der Waals surface area contributed by atoms with E-state index in [4.69, 9.17) is 10.00 Å². The lowest BCUT2D eigenvalue weighted by Crippen LogP contribution is -2.11. The number of nitriles is 1. The molecule has 15 heavy (non-hydrogen) atoms. The second-order valence-electron chi connectivity index (χ2n) is 3.83. The van der Waals surface area contributed by atoms with Gasteiger partial charge in [0.2, 0.25) is 0 Å². The zero-order valence-electron chi connectivity index (χ0n) is 9.58. The molecule has 1 atom stereocenters. The number of hydrogen-bond donors (Lipinski definition) is 0. The monoisotopic (exact) mass is 203 g/mol. The molecule has 0 saturated carbocycles. The van der Waals surface area contributed by atoms with Crippen LogP contribution < -0.4 is 4.74 Å². The second kappa shape index (κ2) is 5.41. The maximum absolute atomic E-state index is 8.96. The molecular weight excluding hydrogens is 186 g/mol. The van der Waals surface area contributed by atoms with Gasteiger partial charge in [-0.25, -0.2) is 0 Å². The SMILES string of the molecule is CCCC(C)Oc1ccc(C)cc1C#N. The van der Waals surface area contributed by atoms with Crippen LogP contribution in [0.3, 0.4) is 0 Å². The summed E-state index contributed by atoms with van der Waals surface area (Å²) in [6, 6.07) is 7.86. The summed E-state index contributed by atoms with van der Waals surface area (Å²) in [4.78, 5) is 0. The van der Waals surface area contributed by atoms with Crippen molar-refractivity contribution in [2.75, 3.05) is 0 Å². The van der Waals surface area contributed by atoms with Crippen LogP contribution in [0.4, 0.5) is 0 Å². The molecule has 1 rings (SSSR count). The van der Waals surface area contributed by atoms with E-state index in [9.17, 15) is 0 Å². The Balaban J connectivity index is 2.81. The van der Waals surface area contributed by atoms with Crippen LogP contribution in [0.15, 0.2) is 18.2 Å². The van der Waals surface area contributed by atoms with Crippen molar-refractivity contribution in [3.63, 3.8) is 0 Å². The number of aryl methyl sites for hydroxylation is 1. The number of rotatable bonds is 4. The quantitative estimate of drug-likeness (QED) is 0.751. The summed E-state index contributed by atoms with van der Waals surface area (Å²) in [5.74, 6) is 0.698. The first-order valence-corrected chi connectivity index (χ1v) is 5.34. The fraction of sp³-hybridized carbons (Fsp3) is 0.462. The molecule has 0 spiro atoms. The molecular formula is C13H17NO. The zero-order valence-corrected chi connectivity index (χ0v) is 9.58. The topological polar surface area (TPSA) is 33.0 Å². The Morgan fingerprint density at radius 1 is 1.47 bits per heavy atom. The third-order valence-electron chi connectivity index (χ3n) is 2.28. The smallest absolute Gasteiger partial charge is 0.137 e. The highest BCUT2D eigenvalue weighted by Gasteiger charge is 2.07. The van der Waals surface area contributed by atoms with Crippen LogP contribution in [-0.4, -0.2) is 6.10 Å². The number of nitrogens with zero attached hydrogens (tertiary/aromatic N) is 1. The standard InChI is InChI=1S/C13H17NO/c1-4-5-11(3)15-13-7-6-10(2)8-12(13)9-14/h6-8,11H,4-5H2,1-3H3. The van der Waals surface area contributed by atoms with E-state index < -0.39 is 0 Å². The van der Waals surface area contributed by atoms with Crippen molar-refractivity contribution >= 4 is 0 Å². The molecule has 2 nitrogen and oxygen atoms in total. The first-order valence-electron chi connectivity index (χ1n) is 5.34. The first kappa shape index (κ1) is 11.6. The van der Waals surface area contributed by atoms with E-state index in [0.29, 0.717) is 11.3 Å². The maximum Gasteiger partial charge on any atom is 0.137 e. The molecule has 0 aliphatic heterocycles. The van der Waals surface area contributed by atoms with Crippen LogP contribution in [-0.2, 0) is 0 Å². The van der Waals surface area contributed by atoms with Crippen molar-refractivity contribution in [1.82, 2.24) is 0 Å². The number of hydrogen-bond acceptors (Lipinski definition) is 2. The van der Waals surface area contributed by atoms with Gasteiger partial charge in [0.05, 0.1) is 11.7 Å². The summed E-state index contributed by atoms with van der Waals surface area (Å²) in [7, 11) is 0. The minimum Gasteiger partial charge on any atom is -0.489 e. The van der Waals surface area contributed by atoms with Gasteiger partial charge in [-0.05, 0) is 38.0 Å². The molecule has 0 saturated heterocycles. The molecule has 2 heteroatoms. The highest BCUT2D eigenvalue weighted by Crippen LogP contribution is 2.21. The van der Waals surface area contributed by atoms with E-state index in [1.807, 2.05) is 32.0 Å². The van der Waals surface area contributed by atoms with Gasteiger partial charge in [-0.3, -0.25) is 0 Å². The molecule has 0 aromatic heterocycles. The van der Waals surface area contributed by atoms with Crippen molar-refractivity contribution in [1.29, 1.82) is 5.26 Å². The van der Waals surface area contributed by atoms with E-state index in [2.05, 4.69) is 13.0 Å². The minimum atomic E-state index is 0.171. The largest absolute Gasteiger partial charge is 0.489 e. The molecule has 80 valence electrons. The summed E-state index contributed by atoms with van der Waals surface area (Å²) >= 11 is 0. The summed E-state index contributed by atoms with van der Waals surface area (Å²) < 4.78 is 5.71. The van der Waals surface area contributed by atoms with E-state index in [-0.39, 0.29) is 6.10 Å². The molecule has 0 heterocycles. The van der Waals surface area contributed by atoms with Crippen LogP contribution in [0.25, 0.3) is 0 Å². The Kier molecular flexibility index (Phi) is 4.17. The van der Waals surface area contributed by atoms with Crippen molar-refractivity contribution in [3.05, 3.63) is 29.3 Å². The van der Waals surface area contributed by atoms with Gasteiger partial charge >= 0.3 is 0 Å². The van der Waals surface area contributed by atoms with E-state index >= 15 is 0 Å². The highest BCUT2D eigenvalue weighted by molar-refractivity contribution is 5.45. The van der Waals surface area contributed by atoms with Gasteiger partial charge in [0.1, 0.15) is 11.8 Å². The third kappa shape index (κ3) is 3.28. The van der Waals surface area contributed by atoms with Crippen LogP contribution in [0, 0.1) is 18.3 Å². The Morgan fingerprint density at radius 3 is 2.80 bits per heavy atom. The lowest BCUT2D eigenvalue weighted by atomic mass is 10.1. The van der Waals surface area contributed by atoms with Gasteiger partial charge in [0, 0.05) is 0 Å². The summed E-state index contributed by atoms with van der Waals surface area (Å²) in [5, 5.41) is 8.96. The normalized spacial score (nSPS) is 11.9. The molecule has 0 bridgehead atoms. The van der Waals surface area contributed by atoms with Crippen LogP contribution in [0.1, 0.15) is 37.8 Å². The fourth-order valence-electron chi connectivity index (χ4n) is 1.52. The second-order valence-corrected chi connectivity index (χ2v) is 3.83. The van der Waals surface area contributed by atoms with E-state index in [1.54, 1.807) is 0 Å². The van der Waals surface area contributed by atoms with Crippen LogP contribution in [0.5, 0.6) is 5.75 Å². The number of benzene rings is 1. The third-order valence-corrected chi connectivity index (χ3v) is 2.28. The van der Waals surface area contributed by atoms with Gasteiger partial charge in [0.15, 0.2) is 0 Å². The molecule has 1 unspecified atom stereocenters. The Bertz CT molecular complexity index is 365. The molecule has 0 aliphatic rings. The Morgan fingerprint density at radius 2 is 2.20 bits per heavy atom. The average molecular weight is 203 g/mol. The lowest BCUT2D eigenvalue weighted by Gasteiger charge is -2.14. The van der Waals surface area contributed by atoms with Crippen molar-refractivity contribution in [2.45, 2.75) is 39.7 Å². The number of ether oxygens (including phenoxy) is 1. The van der Waals surface area contributed by atoms with Gasteiger partial charge < -0.3 is 4.74 Å². The lowest BCUT2D eigenvalue weighted by molar-refractivity contribution is 0.209. The molecule has 0 N–H and O–H groups in total. The minimum absolute atomic E-state index is 0.171. The molecule has 0 radical (unpaired) electrons. The van der Waals surface area contributed by atoms with Crippen LogP contribution in [0.2, 0.25) is 0 Å². The Labute approximate surface area is 91.5 Å². The van der Waals surface area contributed by atoms with Crippen molar-refractivity contribution < 1.29 is 4.74 Å². The van der Waals surface area contributed by atoms with Crippen molar-refractivity contribution in [3.8, 4) is 11.8 Å². The van der Waals surface area contributed by atoms with Gasteiger partial charge in [-0.15, -0.1) is 0 Å². The average Bonchev–Trinajstić information content (AvgIpc) is 2.21. The molecule has 0 fully saturated rings. The Hall–Kier alpha value is -1.49. The fourth-order valence-corrected chi connectivity index (χ4v) is 1.52. The van der Waals surface area contributed by atoms with Gasteiger partial charge in [-0.1, -0.05) is 19.4 Å². The van der Waals surface area contributed by atoms with Crippen molar-refractivity contribution in [2.24, 2.45) is 0 Å². The molecule has 0 aliphatic carbocycles. The van der Waals surface area contributed by atoms with Gasteiger partial charge in [-0.2, -0.15) is 5.26 Å². The predicted molar refractivity (Wildman–Crippen MR) is 60.9 cm³/mol. The molecule has 1 aromatic rings. The van der Waals surface area contributed by atoms with E-state index in [1.165, 1.54) is 0 Å². The summed E-state index contributed by atoms with van der Waals surface area (Å²) in [5.41, 5.74) is 1.71.